The lowest BCUT2D eigenvalue weighted by molar-refractivity contribution is 0.436. The Morgan fingerprint density at radius 1 is 1.23 bits per heavy atom. The van der Waals surface area contributed by atoms with E-state index in [4.69, 9.17) is 12.2 Å². The van der Waals surface area contributed by atoms with Crippen LogP contribution in [0.4, 0.5) is 0 Å². The molecule has 1 aliphatic rings. The Morgan fingerprint density at radius 2 is 1.77 bits per heavy atom. The Kier molecular flexibility index (Phi) is 3.12. The third-order valence-electron chi connectivity index (χ3n) is 2.65. The molecule has 0 saturated heterocycles. The molecule has 0 fully saturated rings. The summed E-state index contributed by atoms with van der Waals surface area (Å²) < 4.78 is 0. The van der Waals surface area contributed by atoms with E-state index in [0.717, 1.165) is 11.4 Å². The first-order valence-electron chi connectivity index (χ1n) is 4.96. The van der Waals surface area contributed by atoms with Crippen LogP contribution in [0.25, 0.3) is 0 Å². The molecule has 0 bridgehead atoms. The van der Waals surface area contributed by atoms with E-state index in [-0.39, 0.29) is 0 Å². The zero-order valence-electron chi connectivity index (χ0n) is 9.22. The Labute approximate surface area is 86.8 Å². The highest BCUT2D eigenvalue weighted by Crippen LogP contribution is 2.31. The largest absolute Gasteiger partial charge is 0.337 e. The van der Waals surface area contributed by atoms with Crippen LogP contribution in [0.1, 0.15) is 41.0 Å². The van der Waals surface area contributed by atoms with Crippen molar-refractivity contribution in [2.45, 2.75) is 47.1 Å². The molecule has 0 saturated carbocycles. The molecule has 0 spiro atoms. The van der Waals surface area contributed by atoms with E-state index in [9.17, 15) is 0 Å². The number of allylic oxidation sites excluding steroid dienone is 1. The van der Waals surface area contributed by atoms with Gasteiger partial charge in [-0.05, 0) is 32.3 Å². The molecule has 1 nitrogen and oxygen atoms in total. The second-order valence-electron chi connectivity index (χ2n) is 4.30. The Hall–Kier alpha value is -0.370. The average molecular weight is 197 g/mol. The smallest absolute Gasteiger partial charge is 0.0865 e. The van der Waals surface area contributed by atoms with Crippen LogP contribution < -0.4 is 0 Å². The van der Waals surface area contributed by atoms with Gasteiger partial charge in [0.2, 0.25) is 0 Å². The zero-order valence-corrected chi connectivity index (χ0v) is 10.0. The summed E-state index contributed by atoms with van der Waals surface area (Å²) in [6.07, 6.45) is 0.997. The molecule has 0 amide bonds. The Bertz CT molecular complexity index is 251. The fourth-order valence-electron chi connectivity index (χ4n) is 2.01. The summed E-state index contributed by atoms with van der Waals surface area (Å²) >= 11 is 5.37. The topological polar surface area (TPSA) is 3.24 Å². The van der Waals surface area contributed by atoms with Gasteiger partial charge >= 0.3 is 0 Å². The molecule has 0 atom stereocenters. The molecule has 2 heteroatoms. The van der Waals surface area contributed by atoms with Crippen LogP contribution in [-0.4, -0.2) is 15.9 Å². The SMILES string of the molecule is CC1=C(C(C)C)CC(=S)N1C(C)C. The summed E-state index contributed by atoms with van der Waals surface area (Å²) in [5.41, 5.74) is 2.90. The summed E-state index contributed by atoms with van der Waals surface area (Å²) in [6.45, 7) is 11.1. The molecule has 1 rings (SSSR count). The monoisotopic (exact) mass is 197 g/mol. The molecule has 13 heavy (non-hydrogen) atoms. The molecule has 0 aliphatic carbocycles. The summed E-state index contributed by atoms with van der Waals surface area (Å²) in [6, 6.07) is 0.503. The lowest BCUT2D eigenvalue weighted by Gasteiger charge is -2.25. The number of hydrogen-bond donors (Lipinski definition) is 0. The molecule has 0 radical (unpaired) electrons. The average Bonchev–Trinajstić information content (AvgIpc) is 2.26. The van der Waals surface area contributed by atoms with Crippen molar-refractivity contribution in [2.75, 3.05) is 0 Å². The predicted molar refractivity (Wildman–Crippen MR) is 61.7 cm³/mol. The van der Waals surface area contributed by atoms with Crippen LogP contribution in [0.3, 0.4) is 0 Å². The van der Waals surface area contributed by atoms with Gasteiger partial charge in [0, 0.05) is 18.2 Å². The highest BCUT2D eigenvalue weighted by molar-refractivity contribution is 7.80. The van der Waals surface area contributed by atoms with Gasteiger partial charge in [-0.1, -0.05) is 26.1 Å². The lowest BCUT2D eigenvalue weighted by atomic mass is 10.0. The number of rotatable bonds is 2. The normalized spacial score (nSPS) is 18.4. The molecule has 1 aliphatic heterocycles. The van der Waals surface area contributed by atoms with E-state index in [2.05, 4.69) is 39.5 Å². The van der Waals surface area contributed by atoms with Gasteiger partial charge < -0.3 is 4.90 Å². The van der Waals surface area contributed by atoms with Gasteiger partial charge in [0.15, 0.2) is 0 Å². The first-order valence-corrected chi connectivity index (χ1v) is 5.37. The maximum absolute atomic E-state index is 5.37. The van der Waals surface area contributed by atoms with Crippen molar-refractivity contribution in [1.29, 1.82) is 0 Å². The molecule has 0 unspecified atom stereocenters. The lowest BCUT2D eigenvalue weighted by Crippen LogP contribution is -2.29. The first-order chi connectivity index (χ1) is 5.95. The van der Waals surface area contributed by atoms with Crippen LogP contribution in [-0.2, 0) is 0 Å². The fourth-order valence-corrected chi connectivity index (χ4v) is 2.52. The van der Waals surface area contributed by atoms with Gasteiger partial charge in [0.05, 0.1) is 4.99 Å². The second kappa shape index (κ2) is 3.79. The van der Waals surface area contributed by atoms with Gasteiger partial charge in [-0.15, -0.1) is 0 Å². The van der Waals surface area contributed by atoms with Gasteiger partial charge in [-0.25, -0.2) is 0 Å². The summed E-state index contributed by atoms with van der Waals surface area (Å²) in [7, 11) is 0. The third-order valence-corrected chi connectivity index (χ3v) is 2.99. The van der Waals surface area contributed by atoms with E-state index in [1.165, 1.54) is 11.3 Å². The molecule has 1 heterocycles. The van der Waals surface area contributed by atoms with Crippen molar-refractivity contribution in [2.24, 2.45) is 5.92 Å². The first kappa shape index (κ1) is 10.7. The molecule has 0 N–H and O–H groups in total. The number of hydrogen-bond acceptors (Lipinski definition) is 1. The van der Waals surface area contributed by atoms with E-state index in [0.29, 0.717) is 12.0 Å². The van der Waals surface area contributed by atoms with Crippen molar-refractivity contribution in [3.05, 3.63) is 11.3 Å². The minimum atomic E-state index is 0.503. The Balaban J connectivity index is 2.95. The van der Waals surface area contributed by atoms with Crippen LogP contribution in [0.15, 0.2) is 11.3 Å². The maximum atomic E-state index is 5.37. The van der Waals surface area contributed by atoms with E-state index < -0.39 is 0 Å². The molecular weight excluding hydrogens is 178 g/mol. The van der Waals surface area contributed by atoms with Gasteiger partial charge in [0.25, 0.3) is 0 Å². The second-order valence-corrected chi connectivity index (χ2v) is 4.77. The summed E-state index contributed by atoms with van der Waals surface area (Å²) in [4.78, 5) is 3.38. The molecule has 74 valence electrons. The third kappa shape index (κ3) is 1.93. The van der Waals surface area contributed by atoms with Crippen LogP contribution >= 0.6 is 12.2 Å². The minimum absolute atomic E-state index is 0.503. The zero-order chi connectivity index (χ0) is 10.2. The van der Waals surface area contributed by atoms with Crippen molar-refractivity contribution in [3.8, 4) is 0 Å². The Morgan fingerprint density at radius 3 is 2.00 bits per heavy atom. The molecule has 0 aromatic rings. The van der Waals surface area contributed by atoms with Crippen LogP contribution in [0.5, 0.6) is 0 Å². The van der Waals surface area contributed by atoms with E-state index >= 15 is 0 Å². The number of nitrogens with zero attached hydrogens (tertiary/aromatic N) is 1. The van der Waals surface area contributed by atoms with Crippen molar-refractivity contribution in [1.82, 2.24) is 4.90 Å². The van der Waals surface area contributed by atoms with Crippen LogP contribution in [0, 0.1) is 5.92 Å². The van der Waals surface area contributed by atoms with Crippen molar-refractivity contribution >= 4 is 17.2 Å². The molecular formula is C11H19NS. The minimum Gasteiger partial charge on any atom is -0.337 e. The highest BCUT2D eigenvalue weighted by Gasteiger charge is 2.26. The van der Waals surface area contributed by atoms with E-state index in [1.807, 2.05) is 0 Å². The summed E-state index contributed by atoms with van der Waals surface area (Å²) in [5.74, 6) is 0.627. The van der Waals surface area contributed by atoms with Crippen molar-refractivity contribution < 1.29 is 0 Å². The highest BCUT2D eigenvalue weighted by atomic mass is 32.1. The van der Waals surface area contributed by atoms with Gasteiger partial charge in [-0.3, -0.25) is 0 Å². The van der Waals surface area contributed by atoms with Gasteiger partial charge in [0.1, 0.15) is 0 Å². The van der Waals surface area contributed by atoms with E-state index in [1.54, 1.807) is 0 Å². The molecule has 0 aromatic carbocycles. The maximum Gasteiger partial charge on any atom is 0.0865 e. The summed E-state index contributed by atoms with van der Waals surface area (Å²) in [5, 5.41) is 0. The standard InChI is InChI=1S/C11H19NS/c1-7(2)10-6-11(13)12(8(3)4)9(10)5/h7-8H,6H2,1-5H3. The molecule has 0 aromatic heterocycles. The van der Waals surface area contributed by atoms with Crippen LogP contribution in [0.2, 0.25) is 0 Å². The fraction of sp³-hybridized carbons (Fsp3) is 0.727. The van der Waals surface area contributed by atoms with Gasteiger partial charge in [-0.2, -0.15) is 0 Å². The van der Waals surface area contributed by atoms with Crippen molar-refractivity contribution in [3.63, 3.8) is 0 Å². The quantitative estimate of drug-likeness (QED) is 0.624. The predicted octanol–water partition coefficient (Wildman–Crippen LogP) is 3.36. The number of thiocarbonyl (C=S) groups is 1.